The number of para-hydroxylation sites is 1. The Morgan fingerprint density at radius 3 is 2.41 bits per heavy atom. The van der Waals surface area contributed by atoms with Gasteiger partial charge in [0, 0.05) is 57.2 Å². The molecule has 2 saturated heterocycles. The van der Waals surface area contributed by atoms with Gasteiger partial charge in [-0.1, -0.05) is 37.1 Å². The maximum atomic E-state index is 5.53. The van der Waals surface area contributed by atoms with Gasteiger partial charge in [0.1, 0.15) is 0 Å². The Bertz CT molecular complexity index is 707. The molecule has 29 heavy (non-hydrogen) atoms. The molecule has 0 unspecified atom stereocenters. The Balaban J connectivity index is 1.23. The average Bonchev–Trinajstić information content (AvgIpc) is 3.24. The van der Waals surface area contributed by atoms with E-state index in [4.69, 9.17) is 4.74 Å². The van der Waals surface area contributed by atoms with Crippen molar-refractivity contribution in [3.05, 3.63) is 35.9 Å². The smallest absolute Gasteiger partial charge is 0.0469 e. The highest BCUT2D eigenvalue weighted by Crippen LogP contribution is 2.50. The highest BCUT2D eigenvalue weighted by atomic mass is 16.5. The van der Waals surface area contributed by atoms with Gasteiger partial charge in [-0.15, -0.1) is 0 Å². The van der Waals surface area contributed by atoms with E-state index in [0.717, 1.165) is 32.2 Å². The second-order valence-corrected chi connectivity index (χ2v) is 10.0. The van der Waals surface area contributed by atoms with Crippen molar-refractivity contribution in [1.29, 1.82) is 0 Å². The number of allylic oxidation sites excluding steroid dienone is 2. The van der Waals surface area contributed by atoms with Gasteiger partial charge in [-0.25, -0.2) is 0 Å². The lowest BCUT2D eigenvalue weighted by atomic mass is 9.72. The summed E-state index contributed by atoms with van der Waals surface area (Å²) < 4.78 is 5.53. The third-order valence-corrected chi connectivity index (χ3v) is 8.19. The second kappa shape index (κ2) is 8.81. The molecule has 1 spiro atoms. The molecule has 0 N–H and O–H groups in total. The fourth-order valence-corrected chi connectivity index (χ4v) is 6.25. The first kappa shape index (κ1) is 19.6. The van der Waals surface area contributed by atoms with E-state index in [2.05, 4.69) is 40.1 Å². The summed E-state index contributed by atoms with van der Waals surface area (Å²) in [6.45, 7) is 7.94. The van der Waals surface area contributed by atoms with Gasteiger partial charge in [-0.2, -0.15) is 0 Å². The third-order valence-electron chi connectivity index (χ3n) is 8.19. The van der Waals surface area contributed by atoms with Crippen molar-refractivity contribution in [2.75, 3.05) is 50.8 Å². The van der Waals surface area contributed by atoms with Crippen LogP contribution in [0.5, 0.6) is 0 Å². The molecule has 2 aliphatic carbocycles. The highest BCUT2D eigenvalue weighted by molar-refractivity contribution is 5.77. The Labute approximate surface area is 177 Å². The van der Waals surface area contributed by atoms with Crippen LogP contribution in [0.4, 0.5) is 5.69 Å². The summed E-state index contributed by atoms with van der Waals surface area (Å²) in [6, 6.07) is 9.21. The molecule has 158 valence electrons. The SMILES string of the molecule is C1=C(c2ccccc2N2CCN(CC3CCOCC3)CC2)CCC2(C1)CCCC2. The zero-order chi connectivity index (χ0) is 19.5. The molecule has 3 nitrogen and oxygen atoms in total. The number of nitrogens with zero attached hydrogens (tertiary/aromatic N) is 2. The van der Waals surface area contributed by atoms with Crippen LogP contribution in [0.2, 0.25) is 0 Å². The maximum Gasteiger partial charge on any atom is 0.0469 e. The van der Waals surface area contributed by atoms with Gasteiger partial charge < -0.3 is 9.64 Å². The van der Waals surface area contributed by atoms with Crippen LogP contribution in [0, 0.1) is 11.3 Å². The van der Waals surface area contributed by atoms with Crippen molar-refractivity contribution < 1.29 is 4.74 Å². The van der Waals surface area contributed by atoms with Crippen LogP contribution in [0.15, 0.2) is 30.3 Å². The van der Waals surface area contributed by atoms with Crippen molar-refractivity contribution in [3.8, 4) is 0 Å². The van der Waals surface area contributed by atoms with Gasteiger partial charge in [0.25, 0.3) is 0 Å². The molecule has 0 radical (unpaired) electrons. The first-order valence-corrected chi connectivity index (χ1v) is 12.1. The number of hydrogen-bond acceptors (Lipinski definition) is 3. The van der Waals surface area contributed by atoms with Crippen LogP contribution >= 0.6 is 0 Å². The monoisotopic (exact) mass is 394 g/mol. The molecule has 5 rings (SSSR count). The predicted molar refractivity (Wildman–Crippen MR) is 121 cm³/mol. The molecule has 0 bridgehead atoms. The van der Waals surface area contributed by atoms with Crippen LogP contribution in [0.1, 0.15) is 63.4 Å². The number of hydrogen-bond donors (Lipinski definition) is 0. The first-order valence-electron chi connectivity index (χ1n) is 12.1. The molecule has 0 amide bonds. The number of anilines is 1. The molecule has 3 fully saturated rings. The van der Waals surface area contributed by atoms with E-state index in [-0.39, 0.29) is 0 Å². The normalized spacial score (nSPS) is 26.1. The van der Waals surface area contributed by atoms with E-state index in [1.807, 2.05) is 0 Å². The Morgan fingerprint density at radius 1 is 0.931 bits per heavy atom. The van der Waals surface area contributed by atoms with Crippen molar-refractivity contribution in [2.45, 2.75) is 57.8 Å². The molecule has 2 heterocycles. The van der Waals surface area contributed by atoms with Crippen LogP contribution < -0.4 is 4.90 Å². The zero-order valence-electron chi connectivity index (χ0n) is 18.1. The lowest BCUT2D eigenvalue weighted by Gasteiger charge is -2.39. The summed E-state index contributed by atoms with van der Waals surface area (Å²) in [4.78, 5) is 5.34. The largest absolute Gasteiger partial charge is 0.381 e. The Hall–Kier alpha value is -1.32. The summed E-state index contributed by atoms with van der Waals surface area (Å²) in [5.41, 5.74) is 5.27. The van der Waals surface area contributed by atoms with E-state index < -0.39 is 0 Å². The van der Waals surface area contributed by atoms with Crippen molar-refractivity contribution in [1.82, 2.24) is 4.90 Å². The number of benzene rings is 1. The van der Waals surface area contributed by atoms with E-state index in [9.17, 15) is 0 Å². The summed E-state index contributed by atoms with van der Waals surface area (Å²) >= 11 is 0. The first-order chi connectivity index (χ1) is 14.3. The van der Waals surface area contributed by atoms with Gasteiger partial charge >= 0.3 is 0 Å². The van der Waals surface area contributed by atoms with Crippen LogP contribution in [0.25, 0.3) is 5.57 Å². The quantitative estimate of drug-likeness (QED) is 0.683. The van der Waals surface area contributed by atoms with Gasteiger partial charge in [-0.3, -0.25) is 4.90 Å². The van der Waals surface area contributed by atoms with Gasteiger partial charge in [0.05, 0.1) is 0 Å². The van der Waals surface area contributed by atoms with Crippen LogP contribution in [-0.4, -0.2) is 50.8 Å². The summed E-state index contributed by atoms with van der Waals surface area (Å²) in [5.74, 6) is 0.845. The molecule has 1 aromatic rings. The number of piperazine rings is 1. The maximum absolute atomic E-state index is 5.53. The Kier molecular flexibility index (Phi) is 5.97. The summed E-state index contributed by atoms with van der Waals surface area (Å²) in [5, 5.41) is 0. The Morgan fingerprint density at radius 2 is 1.69 bits per heavy atom. The molecular weight excluding hydrogens is 356 g/mol. The predicted octanol–water partition coefficient (Wildman–Crippen LogP) is 5.36. The average molecular weight is 395 g/mol. The zero-order valence-corrected chi connectivity index (χ0v) is 18.1. The standard InChI is InChI=1S/C26H38N2O/c1-2-6-25(24(5-1)23-7-13-26(14-8-23)11-3-4-12-26)28-17-15-27(16-18-28)21-22-9-19-29-20-10-22/h1-2,5-7,22H,3-4,8-21H2. The minimum atomic E-state index is 0.661. The van der Waals surface area contributed by atoms with Crippen molar-refractivity contribution >= 4 is 11.3 Å². The third kappa shape index (κ3) is 4.41. The van der Waals surface area contributed by atoms with Gasteiger partial charge in [0.15, 0.2) is 0 Å². The van der Waals surface area contributed by atoms with Crippen molar-refractivity contribution in [2.24, 2.45) is 11.3 Å². The summed E-state index contributed by atoms with van der Waals surface area (Å²) in [6.07, 6.45) is 15.0. The highest BCUT2D eigenvalue weighted by Gasteiger charge is 2.35. The minimum Gasteiger partial charge on any atom is -0.381 e. The lowest BCUT2D eigenvalue weighted by molar-refractivity contribution is 0.0517. The fraction of sp³-hybridized carbons (Fsp3) is 0.692. The minimum absolute atomic E-state index is 0.661. The lowest BCUT2D eigenvalue weighted by Crippen LogP contribution is -2.48. The van der Waals surface area contributed by atoms with Crippen LogP contribution in [0.3, 0.4) is 0 Å². The fourth-order valence-electron chi connectivity index (χ4n) is 6.25. The van der Waals surface area contributed by atoms with E-state index in [1.165, 1.54) is 88.7 Å². The number of ether oxygens (including phenoxy) is 1. The van der Waals surface area contributed by atoms with Crippen LogP contribution in [-0.2, 0) is 4.74 Å². The molecule has 1 saturated carbocycles. The van der Waals surface area contributed by atoms with Crippen molar-refractivity contribution in [3.63, 3.8) is 0 Å². The molecular formula is C26H38N2O. The van der Waals surface area contributed by atoms with Gasteiger partial charge in [-0.05, 0) is 67.9 Å². The topological polar surface area (TPSA) is 15.7 Å². The van der Waals surface area contributed by atoms with E-state index >= 15 is 0 Å². The second-order valence-electron chi connectivity index (χ2n) is 10.0. The van der Waals surface area contributed by atoms with Gasteiger partial charge in [0.2, 0.25) is 0 Å². The molecule has 0 atom stereocenters. The molecule has 3 heteroatoms. The summed E-state index contributed by atoms with van der Waals surface area (Å²) in [7, 11) is 0. The number of rotatable bonds is 4. The van der Waals surface area contributed by atoms with E-state index in [1.54, 1.807) is 5.57 Å². The molecule has 4 aliphatic rings. The molecule has 0 aromatic heterocycles. The molecule has 1 aromatic carbocycles. The molecule has 2 aliphatic heterocycles. The van der Waals surface area contributed by atoms with E-state index in [0.29, 0.717) is 5.41 Å².